The first-order valence-electron chi connectivity index (χ1n) is 5.16. The van der Waals surface area contributed by atoms with Gasteiger partial charge in [0.1, 0.15) is 5.69 Å². The van der Waals surface area contributed by atoms with Crippen molar-refractivity contribution in [3.8, 4) is 5.88 Å². The highest BCUT2D eigenvalue weighted by Gasteiger charge is 2.11. The molecule has 2 aromatic rings. The first kappa shape index (κ1) is 11.9. The van der Waals surface area contributed by atoms with Crippen molar-refractivity contribution in [3.05, 3.63) is 35.5 Å². The van der Waals surface area contributed by atoms with E-state index in [4.69, 9.17) is 10.5 Å². The predicted octanol–water partition coefficient (Wildman–Crippen LogP) is 1.72. The Hall–Kier alpha value is -2.54. The predicted molar refractivity (Wildman–Crippen MR) is 69.7 cm³/mol. The normalized spacial score (nSPS) is 9.89. The van der Waals surface area contributed by atoms with Gasteiger partial charge in [-0.2, -0.15) is 9.97 Å². The minimum Gasteiger partial charge on any atom is -0.761 e. The van der Waals surface area contributed by atoms with E-state index in [-0.39, 0.29) is 23.3 Å². The molecule has 94 valence electrons. The summed E-state index contributed by atoms with van der Waals surface area (Å²) in [6.45, 7) is 0. The van der Waals surface area contributed by atoms with Crippen LogP contribution in [0.15, 0.2) is 30.3 Å². The van der Waals surface area contributed by atoms with Crippen LogP contribution in [0.5, 0.6) is 5.88 Å². The second kappa shape index (κ2) is 5.19. The van der Waals surface area contributed by atoms with Gasteiger partial charge in [0, 0.05) is 5.69 Å². The summed E-state index contributed by atoms with van der Waals surface area (Å²) in [6, 6.07) is 9.26. The summed E-state index contributed by atoms with van der Waals surface area (Å²) in [6.07, 6.45) is 0. The summed E-state index contributed by atoms with van der Waals surface area (Å²) < 4.78 is 4.96. The van der Waals surface area contributed by atoms with Crippen molar-refractivity contribution in [1.82, 2.24) is 9.97 Å². The van der Waals surface area contributed by atoms with E-state index in [0.29, 0.717) is 0 Å². The summed E-state index contributed by atoms with van der Waals surface area (Å²) in [5, 5.41) is 13.9. The number of nitrogens with zero attached hydrogens (tertiary/aromatic N) is 2. The summed E-state index contributed by atoms with van der Waals surface area (Å²) >= 11 is 0. The van der Waals surface area contributed by atoms with E-state index < -0.39 is 0 Å². The number of ether oxygens (including phenoxy) is 1. The fourth-order valence-corrected chi connectivity index (χ4v) is 1.45. The molecule has 0 saturated heterocycles. The van der Waals surface area contributed by atoms with Gasteiger partial charge in [-0.05, 0) is 12.1 Å². The van der Waals surface area contributed by atoms with E-state index in [1.807, 2.05) is 30.3 Å². The number of anilines is 4. The van der Waals surface area contributed by atoms with Crippen LogP contribution in [0.1, 0.15) is 0 Å². The molecule has 4 N–H and O–H groups in total. The van der Waals surface area contributed by atoms with Crippen LogP contribution in [0.25, 0.3) is 0 Å². The highest BCUT2D eigenvalue weighted by molar-refractivity contribution is 5.76. The summed E-state index contributed by atoms with van der Waals surface area (Å²) in [4.78, 5) is 7.77. The minimum atomic E-state index is 0.0179. The lowest BCUT2D eigenvalue weighted by atomic mass is 10.3. The van der Waals surface area contributed by atoms with Crippen molar-refractivity contribution in [2.45, 2.75) is 0 Å². The third kappa shape index (κ3) is 2.41. The number of hydrogen-bond acceptors (Lipinski definition) is 7. The summed E-state index contributed by atoms with van der Waals surface area (Å²) in [7, 11) is 1.40. The average molecular weight is 246 g/mol. The second-order valence-electron chi connectivity index (χ2n) is 3.41. The minimum absolute atomic E-state index is 0.0179. The highest BCUT2D eigenvalue weighted by Crippen LogP contribution is 2.31. The van der Waals surface area contributed by atoms with Gasteiger partial charge in [0.25, 0.3) is 0 Å². The maximum absolute atomic E-state index is 10.9. The van der Waals surface area contributed by atoms with Crippen LogP contribution in [0.2, 0.25) is 0 Å². The number of nitrogens with two attached hydrogens (primary N) is 1. The molecular weight excluding hydrogens is 234 g/mol. The lowest BCUT2D eigenvalue weighted by molar-refractivity contribution is 0.400. The van der Waals surface area contributed by atoms with Gasteiger partial charge in [0.2, 0.25) is 11.8 Å². The number of benzene rings is 1. The zero-order valence-corrected chi connectivity index (χ0v) is 9.68. The smallest absolute Gasteiger partial charge is 0.243 e. The molecule has 0 aliphatic heterocycles. The largest absolute Gasteiger partial charge is 0.761 e. The molecule has 1 aromatic carbocycles. The monoisotopic (exact) mass is 246 g/mol. The second-order valence-corrected chi connectivity index (χ2v) is 3.41. The van der Waals surface area contributed by atoms with E-state index in [9.17, 15) is 5.21 Å². The van der Waals surface area contributed by atoms with Crippen molar-refractivity contribution in [1.29, 1.82) is 0 Å². The van der Waals surface area contributed by atoms with Gasteiger partial charge in [-0.3, -0.25) is 0 Å². The van der Waals surface area contributed by atoms with Gasteiger partial charge in [0.05, 0.1) is 7.11 Å². The molecule has 7 heteroatoms. The Balaban J connectivity index is 2.40. The Labute approximate surface area is 104 Å². The van der Waals surface area contributed by atoms with Crippen LogP contribution in [0.4, 0.5) is 23.1 Å². The van der Waals surface area contributed by atoms with Crippen molar-refractivity contribution in [2.75, 3.05) is 23.6 Å². The molecule has 1 aromatic heterocycles. The van der Waals surface area contributed by atoms with Crippen molar-refractivity contribution < 1.29 is 4.74 Å². The van der Waals surface area contributed by atoms with Crippen molar-refractivity contribution in [3.63, 3.8) is 0 Å². The van der Waals surface area contributed by atoms with Crippen molar-refractivity contribution >= 4 is 23.1 Å². The molecule has 0 amide bonds. The molecule has 7 nitrogen and oxygen atoms in total. The van der Waals surface area contributed by atoms with E-state index >= 15 is 0 Å². The Kier molecular flexibility index (Phi) is 3.44. The number of nitrogen functional groups attached to an aromatic ring is 1. The lowest BCUT2D eigenvalue weighted by Gasteiger charge is -2.17. The highest BCUT2D eigenvalue weighted by atomic mass is 16.5. The fourth-order valence-electron chi connectivity index (χ4n) is 1.45. The number of rotatable bonds is 4. The van der Waals surface area contributed by atoms with E-state index in [2.05, 4.69) is 15.3 Å². The Bertz CT molecular complexity index is 532. The van der Waals surface area contributed by atoms with Gasteiger partial charge in [-0.25, -0.2) is 0 Å². The topological polar surface area (TPSA) is 108 Å². The molecule has 0 aliphatic rings. The Morgan fingerprint density at radius 2 is 1.94 bits per heavy atom. The summed E-state index contributed by atoms with van der Waals surface area (Å²) in [5.41, 5.74) is 8.16. The number of nitrogens with one attached hydrogen (secondary N) is 2. The molecular formula is C11H12N5O2-. The molecule has 18 heavy (non-hydrogen) atoms. The molecule has 0 spiro atoms. The van der Waals surface area contributed by atoms with Crippen LogP contribution in [0, 0.1) is 5.21 Å². The molecule has 0 aliphatic carbocycles. The van der Waals surface area contributed by atoms with Gasteiger partial charge in [0.15, 0.2) is 5.82 Å². The van der Waals surface area contributed by atoms with Crippen LogP contribution < -0.4 is 21.3 Å². The van der Waals surface area contributed by atoms with Crippen molar-refractivity contribution in [2.24, 2.45) is 0 Å². The quantitative estimate of drug-likeness (QED) is 0.705. The Morgan fingerprint density at radius 3 is 2.56 bits per heavy atom. The molecule has 0 bridgehead atoms. The number of aromatic nitrogens is 2. The molecule has 0 fully saturated rings. The van der Waals surface area contributed by atoms with Crippen LogP contribution >= 0.6 is 0 Å². The number of para-hydroxylation sites is 1. The molecule has 0 saturated carbocycles. The van der Waals surface area contributed by atoms with Gasteiger partial charge >= 0.3 is 0 Å². The van der Waals surface area contributed by atoms with E-state index in [1.54, 1.807) is 5.48 Å². The Morgan fingerprint density at radius 1 is 1.22 bits per heavy atom. The number of methoxy groups -OCH3 is 1. The third-order valence-electron chi connectivity index (χ3n) is 2.23. The fraction of sp³-hybridized carbons (Fsp3) is 0.0909. The summed E-state index contributed by atoms with van der Waals surface area (Å²) in [5.74, 6) is 0.376. The van der Waals surface area contributed by atoms with E-state index in [1.165, 1.54) is 7.11 Å². The first-order valence-corrected chi connectivity index (χ1v) is 5.16. The van der Waals surface area contributed by atoms with Crippen LogP contribution in [0.3, 0.4) is 0 Å². The third-order valence-corrected chi connectivity index (χ3v) is 2.23. The molecule has 0 atom stereocenters. The van der Waals surface area contributed by atoms with Gasteiger partial charge in [-0.1, -0.05) is 18.2 Å². The van der Waals surface area contributed by atoms with Gasteiger partial charge in [-0.15, -0.1) is 0 Å². The maximum Gasteiger partial charge on any atom is 0.243 e. The molecule has 1 heterocycles. The zero-order valence-electron chi connectivity index (χ0n) is 9.68. The SMILES string of the molecule is COc1nc(N)nc(Nc2ccccc2)c1N[O-]. The van der Waals surface area contributed by atoms with Gasteiger partial charge < -0.3 is 26.5 Å². The lowest BCUT2D eigenvalue weighted by Crippen LogP contribution is -2.06. The standard InChI is InChI=1S/C11H12N5O2/c1-18-10-8(16-17)9(14-11(12)15-10)13-7-5-3-2-4-6-7/h2-6,16H,1H3,(H3,12,13,14,15)/q-1. The number of hydrogen-bond donors (Lipinski definition) is 3. The van der Waals surface area contributed by atoms with Crippen LogP contribution in [-0.2, 0) is 0 Å². The van der Waals surface area contributed by atoms with Crippen LogP contribution in [-0.4, -0.2) is 17.1 Å². The van der Waals surface area contributed by atoms with E-state index in [0.717, 1.165) is 5.69 Å². The first-order chi connectivity index (χ1) is 8.74. The molecule has 0 radical (unpaired) electrons. The molecule has 2 rings (SSSR count). The average Bonchev–Trinajstić information content (AvgIpc) is 2.39. The zero-order chi connectivity index (χ0) is 13.0. The molecule has 0 unspecified atom stereocenters. The maximum atomic E-state index is 10.9.